The zero-order chi connectivity index (χ0) is 25.8. The van der Waals surface area contributed by atoms with Crippen molar-refractivity contribution in [1.29, 1.82) is 0 Å². The number of hydrogen-bond donors (Lipinski definition) is 2. The molecule has 0 heterocycles. The Hall–Kier alpha value is -3.53. The predicted molar refractivity (Wildman–Crippen MR) is 150 cm³/mol. The maximum atomic E-state index is 12.1. The number of phenols is 2. The predicted octanol–water partition coefficient (Wildman–Crippen LogP) is 8.76. The average molecular weight is 489 g/mol. The smallest absolute Gasteiger partial charge is 0.311 e. The minimum absolute atomic E-state index is 0.0111. The molecule has 2 rings (SSSR count). The molecular formula is C32H40O4. The molecule has 4 heteroatoms. The molecule has 0 aromatic heterocycles. The molecule has 0 atom stereocenters. The van der Waals surface area contributed by atoms with Crippen LogP contribution in [0.2, 0.25) is 0 Å². The number of rotatable bonds is 16. The van der Waals surface area contributed by atoms with Crippen LogP contribution in [0.5, 0.6) is 17.2 Å². The molecule has 0 spiro atoms. The van der Waals surface area contributed by atoms with Gasteiger partial charge in [0.1, 0.15) is 17.2 Å². The lowest BCUT2D eigenvalue weighted by Crippen LogP contribution is -2.07. The van der Waals surface area contributed by atoms with Gasteiger partial charge in [0.05, 0.1) is 0 Å². The molecule has 36 heavy (non-hydrogen) atoms. The van der Waals surface area contributed by atoms with Crippen molar-refractivity contribution in [3.05, 3.63) is 90.0 Å². The molecule has 0 saturated carbocycles. The number of carbonyl (C=O) groups is 1. The number of ether oxygens (including phenoxy) is 1. The molecule has 0 aliphatic rings. The van der Waals surface area contributed by atoms with Crippen LogP contribution in [0.25, 0.3) is 12.2 Å². The third kappa shape index (κ3) is 13.4. The van der Waals surface area contributed by atoms with Crippen molar-refractivity contribution >= 4 is 18.1 Å². The lowest BCUT2D eigenvalue weighted by molar-refractivity contribution is -0.134. The standard InChI is InChI=1S/C32H40O4/c1-2-3-4-5-6-7-8-9-10-11-12-13-14-15-16-17-32(35)36-31-22-20-27(21-23-31)18-19-28-24-29(33)26-30(34)25-28/h6-7,9-10,12-13,18-26,33-34H,2-5,8,11,14-17H2,1H3. The van der Waals surface area contributed by atoms with E-state index in [-0.39, 0.29) is 17.5 Å². The van der Waals surface area contributed by atoms with Crippen LogP contribution < -0.4 is 4.74 Å². The normalized spacial score (nSPS) is 11.9. The maximum absolute atomic E-state index is 12.1. The van der Waals surface area contributed by atoms with Crippen molar-refractivity contribution in [3.63, 3.8) is 0 Å². The molecular weight excluding hydrogens is 448 g/mol. The fourth-order valence-electron chi connectivity index (χ4n) is 3.56. The lowest BCUT2D eigenvalue weighted by atomic mass is 10.1. The molecule has 0 saturated heterocycles. The van der Waals surface area contributed by atoms with Gasteiger partial charge >= 0.3 is 5.97 Å². The number of allylic oxidation sites excluding steroid dienone is 6. The number of hydrogen-bond acceptors (Lipinski definition) is 4. The summed E-state index contributed by atoms with van der Waals surface area (Å²) in [7, 11) is 0. The lowest BCUT2D eigenvalue weighted by Gasteiger charge is -2.04. The van der Waals surface area contributed by atoms with Crippen LogP contribution in [0, 0.1) is 0 Å². The van der Waals surface area contributed by atoms with Crippen LogP contribution >= 0.6 is 0 Å². The number of unbranched alkanes of at least 4 members (excludes halogenated alkanes) is 5. The second-order valence-corrected chi connectivity index (χ2v) is 8.79. The molecule has 4 nitrogen and oxygen atoms in total. The Labute approximate surface area is 216 Å². The van der Waals surface area contributed by atoms with Crippen molar-refractivity contribution in [2.75, 3.05) is 0 Å². The Morgan fingerprint density at radius 3 is 1.89 bits per heavy atom. The van der Waals surface area contributed by atoms with Gasteiger partial charge in [0.2, 0.25) is 0 Å². The quantitative estimate of drug-likeness (QED) is 0.0815. The van der Waals surface area contributed by atoms with Gasteiger partial charge in [0, 0.05) is 12.5 Å². The highest BCUT2D eigenvalue weighted by atomic mass is 16.5. The van der Waals surface area contributed by atoms with E-state index in [1.165, 1.54) is 31.7 Å². The van der Waals surface area contributed by atoms with Crippen LogP contribution in [0.4, 0.5) is 0 Å². The van der Waals surface area contributed by atoms with E-state index in [2.05, 4.69) is 43.4 Å². The average Bonchev–Trinajstić information content (AvgIpc) is 2.85. The van der Waals surface area contributed by atoms with Gasteiger partial charge in [-0.15, -0.1) is 0 Å². The Bertz CT molecular complexity index is 993. The first-order valence-corrected chi connectivity index (χ1v) is 13.0. The van der Waals surface area contributed by atoms with E-state index in [4.69, 9.17) is 4.74 Å². The third-order valence-corrected chi connectivity index (χ3v) is 5.53. The topological polar surface area (TPSA) is 66.8 Å². The Morgan fingerprint density at radius 1 is 0.722 bits per heavy atom. The molecule has 0 amide bonds. The van der Waals surface area contributed by atoms with E-state index in [1.807, 2.05) is 18.2 Å². The van der Waals surface area contributed by atoms with E-state index in [9.17, 15) is 15.0 Å². The van der Waals surface area contributed by atoms with Crippen molar-refractivity contribution in [2.24, 2.45) is 0 Å². The fraction of sp³-hybridized carbons (Fsp3) is 0.344. The molecule has 0 bridgehead atoms. The van der Waals surface area contributed by atoms with Crippen molar-refractivity contribution in [3.8, 4) is 17.2 Å². The Kier molecular flexibility index (Phi) is 14.2. The van der Waals surface area contributed by atoms with Gasteiger partial charge in [-0.05, 0) is 80.3 Å². The van der Waals surface area contributed by atoms with E-state index in [0.717, 1.165) is 37.7 Å². The Morgan fingerprint density at radius 2 is 1.28 bits per heavy atom. The minimum Gasteiger partial charge on any atom is -0.508 e. The van der Waals surface area contributed by atoms with Gasteiger partial charge in [0.25, 0.3) is 0 Å². The van der Waals surface area contributed by atoms with Gasteiger partial charge in [-0.25, -0.2) is 0 Å². The Balaban J connectivity index is 1.56. The number of phenolic OH excluding ortho intramolecular Hbond substituents is 2. The summed E-state index contributed by atoms with van der Waals surface area (Å²) in [5, 5.41) is 19.1. The van der Waals surface area contributed by atoms with Crippen molar-refractivity contribution in [2.45, 2.75) is 71.1 Å². The van der Waals surface area contributed by atoms with Gasteiger partial charge in [-0.2, -0.15) is 0 Å². The molecule has 192 valence electrons. The second-order valence-electron chi connectivity index (χ2n) is 8.79. The maximum Gasteiger partial charge on any atom is 0.311 e. The molecule has 2 N–H and O–H groups in total. The zero-order valence-electron chi connectivity index (χ0n) is 21.4. The highest BCUT2D eigenvalue weighted by Gasteiger charge is 2.04. The SMILES string of the molecule is CCCCCC=CCC=CCC=CCCCCC(=O)Oc1ccc(C=Cc2cc(O)cc(O)c2)cc1. The summed E-state index contributed by atoms with van der Waals surface area (Å²) in [4.78, 5) is 12.1. The minimum atomic E-state index is -0.219. The van der Waals surface area contributed by atoms with Gasteiger partial charge in [-0.3, -0.25) is 4.79 Å². The van der Waals surface area contributed by atoms with Crippen LogP contribution in [0.1, 0.15) is 82.3 Å². The fourth-order valence-corrected chi connectivity index (χ4v) is 3.56. The summed E-state index contributed by atoms with van der Waals surface area (Å²) < 4.78 is 5.42. The van der Waals surface area contributed by atoms with E-state index < -0.39 is 0 Å². The highest BCUT2D eigenvalue weighted by Crippen LogP contribution is 2.22. The van der Waals surface area contributed by atoms with E-state index >= 15 is 0 Å². The molecule has 0 radical (unpaired) electrons. The van der Waals surface area contributed by atoms with Crippen LogP contribution in [-0.2, 0) is 4.79 Å². The molecule has 2 aromatic rings. The molecule has 2 aromatic carbocycles. The number of benzene rings is 2. The monoisotopic (exact) mass is 488 g/mol. The van der Waals surface area contributed by atoms with Crippen molar-refractivity contribution in [1.82, 2.24) is 0 Å². The second kappa shape index (κ2) is 17.8. The van der Waals surface area contributed by atoms with E-state index in [0.29, 0.717) is 17.7 Å². The highest BCUT2D eigenvalue weighted by molar-refractivity contribution is 5.73. The first-order valence-electron chi connectivity index (χ1n) is 13.0. The third-order valence-electron chi connectivity index (χ3n) is 5.53. The molecule has 0 aliphatic heterocycles. The molecule has 0 aliphatic carbocycles. The van der Waals surface area contributed by atoms with Gasteiger partial charge in [-0.1, -0.05) is 80.5 Å². The number of esters is 1. The summed E-state index contributed by atoms with van der Waals surface area (Å²) in [6, 6.07) is 11.6. The van der Waals surface area contributed by atoms with Crippen LogP contribution in [0.15, 0.2) is 78.9 Å². The molecule has 0 unspecified atom stereocenters. The van der Waals surface area contributed by atoms with Crippen molar-refractivity contribution < 1.29 is 19.7 Å². The number of carbonyl (C=O) groups excluding carboxylic acids is 1. The molecule has 0 fully saturated rings. The summed E-state index contributed by atoms with van der Waals surface area (Å²) in [5.74, 6) is 0.326. The summed E-state index contributed by atoms with van der Waals surface area (Å²) in [6.07, 6.45) is 27.1. The number of aromatic hydroxyl groups is 2. The van der Waals surface area contributed by atoms with Gasteiger partial charge < -0.3 is 14.9 Å². The van der Waals surface area contributed by atoms with Crippen LogP contribution in [-0.4, -0.2) is 16.2 Å². The first kappa shape index (κ1) is 28.7. The largest absolute Gasteiger partial charge is 0.508 e. The first-order chi connectivity index (χ1) is 17.6. The summed E-state index contributed by atoms with van der Waals surface area (Å²) in [6.45, 7) is 2.23. The zero-order valence-corrected chi connectivity index (χ0v) is 21.4. The van der Waals surface area contributed by atoms with E-state index in [1.54, 1.807) is 30.3 Å². The summed E-state index contributed by atoms with van der Waals surface area (Å²) >= 11 is 0. The van der Waals surface area contributed by atoms with Crippen LogP contribution in [0.3, 0.4) is 0 Å². The summed E-state index contributed by atoms with van der Waals surface area (Å²) in [5.41, 5.74) is 1.60. The van der Waals surface area contributed by atoms with Gasteiger partial charge in [0.15, 0.2) is 0 Å².